The van der Waals surface area contributed by atoms with Crippen LogP contribution in [0, 0.1) is 0 Å². The first kappa shape index (κ1) is 17.2. The highest BCUT2D eigenvalue weighted by Crippen LogP contribution is 2.28. The standard InChI is InChI=1S/C21H26N4O/c1-15(16-6-3-2-4-7-16)21(26)25-11-5-8-17(14-25)20-23-13-18-12-22-10-9-19(18)24-20/h2-4,6-7,13,15,17,22H,5,8-12,14H2,1H3. The zero-order valence-electron chi connectivity index (χ0n) is 15.3. The van der Waals surface area contributed by atoms with Crippen LogP contribution < -0.4 is 5.32 Å². The maximum absolute atomic E-state index is 13.0. The van der Waals surface area contributed by atoms with Crippen molar-refractivity contribution in [2.45, 2.75) is 44.6 Å². The molecule has 2 atom stereocenters. The summed E-state index contributed by atoms with van der Waals surface area (Å²) < 4.78 is 0. The summed E-state index contributed by atoms with van der Waals surface area (Å²) in [7, 11) is 0. The normalized spacial score (nSPS) is 21.1. The topological polar surface area (TPSA) is 58.1 Å². The van der Waals surface area contributed by atoms with E-state index in [9.17, 15) is 4.79 Å². The van der Waals surface area contributed by atoms with Crippen molar-refractivity contribution in [2.75, 3.05) is 19.6 Å². The molecule has 2 aliphatic heterocycles. The third-order valence-corrected chi connectivity index (χ3v) is 5.60. The van der Waals surface area contributed by atoms with Crippen LogP contribution in [-0.4, -0.2) is 40.4 Å². The molecule has 5 nitrogen and oxygen atoms in total. The van der Waals surface area contributed by atoms with E-state index in [0.29, 0.717) is 0 Å². The van der Waals surface area contributed by atoms with Gasteiger partial charge in [0, 0.05) is 56.0 Å². The van der Waals surface area contributed by atoms with Gasteiger partial charge in [-0.25, -0.2) is 9.97 Å². The van der Waals surface area contributed by atoms with Gasteiger partial charge >= 0.3 is 0 Å². The van der Waals surface area contributed by atoms with Gasteiger partial charge < -0.3 is 10.2 Å². The predicted octanol–water partition coefficient (Wildman–Crippen LogP) is 2.63. The molecule has 0 bridgehead atoms. The summed E-state index contributed by atoms with van der Waals surface area (Å²) in [5.41, 5.74) is 3.47. The second-order valence-corrected chi connectivity index (χ2v) is 7.38. The Kier molecular flexibility index (Phi) is 4.98. The molecular weight excluding hydrogens is 324 g/mol. The fourth-order valence-corrected chi connectivity index (χ4v) is 3.99. The number of amides is 1. The van der Waals surface area contributed by atoms with Gasteiger partial charge in [0.1, 0.15) is 5.82 Å². The minimum Gasteiger partial charge on any atom is -0.341 e. The molecule has 2 unspecified atom stereocenters. The van der Waals surface area contributed by atoms with Gasteiger partial charge in [-0.2, -0.15) is 0 Å². The van der Waals surface area contributed by atoms with E-state index < -0.39 is 0 Å². The maximum atomic E-state index is 13.0. The molecule has 1 amide bonds. The van der Waals surface area contributed by atoms with Gasteiger partial charge in [0.25, 0.3) is 0 Å². The quantitative estimate of drug-likeness (QED) is 0.924. The Morgan fingerprint density at radius 1 is 1.31 bits per heavy atom. The molecule has 1 aromatic heterocycles. The summed E-state index contributed by atoms with van der Waals surface area (Å²) in [6.07, 6.45) is 5.00. The molecule has 2 aliphatic rings. The van der Waals surface area contributed by atoms with Crippen LogP contribution in [0.25, 0.3) is 0 Å². The molecule has 4 rings (SSSR count). The molecule has 136 valence electrons. The zero-order chi connectivity index (χ0) is 17.9. The second-order valence-electron chi connectivity index (χ2n) is 7.38. The van der Waals surface area contributed by atoms with E-state index in [-0.39, 0.29) is 17.7 Å². The number of carbonyl (C=O) groups excluding carboxylic acids is 1. The first-order chi connectivity index (χ1) is 12.7. The molecule has 0 spiro atoms. The molecule has 0 radical (unpaired) electrons. The lowest BCUT2D eigenvalue weighted by Crippen LogP contribution is -2.41. The lowest BCUT2D eigenvalue weighted by molar-refractivity contribution is -0.133. The fraction of sp³-hybridized carbons (Fsp3) is 0.476. The number of hydrogen-bond acceptors (Lipinski definition) is 4. The van der Waals surface area contributed by atoms with E-state index in [4.69, 9.17) is 4.98 Å². The minimum atomic E-state index is -0.106. The van der Waals surface area contributed by atoms with Crippen molar-refractivity contribution in [3.63, 3.8) is 0 Å². The fourth-order valence-electron chi connectivity index (χ4n) is 3.99. The van der Waals surface area contributed by atoms with Crippen molar-refractivity contribution in [3.8, 4) is 0 Å². The van der Waals surface area contributed by atoms with Crippen molar-refractivity contribution in [3.05, 3.63) is 59.2 Å². The highest BCUT2D eigenvalue weighted by atomic mass is 16.2. The van der Waals surface area contributed by atoms with Crippen molar-refractivity contribution in [1.29, 1.82) is 0 Å². The average molecular weight is 350 g/mol. The SMILES string of the molecule is CC(C(=O)N1CCCC(c2ncc3c(n2)CCNC3)C1)c1ccccc1. The van der Waals surface area contributed by atoms with Crippen LogP contribution in [0.15, 0.2) is 36.5 Å². The van der Waals surface area contributed by atoms with Crippen LogP contribution in [0.1, 0.15) is 54.2 Å². The lowest BCUT2D eigenvalue weighted by atomic mass is 9.93. The average Bonchev–Trinajstić information content (AvgIpc) is 2.73. The largest absolute Gasteiger partial charge is 0.341 e. The molecule has 3 heterocycles. The second kappa shape index (κ2) is 7.54. The number of fused-ring (bicyclic) bond motifs is 1. The number of hydrogen-bond donors (Lipinski definition) is 1. The first-order valence-corrected chi connectivity index (χ1v) is 9.61. The van der Waals surface area contributed by atoms with Gasteiger partial charge in [-0.15, -0.1) is 0 Å². The van der Waals surface area contributed by atoms with E-state index in [1.54, 1.807) is 0 Å². The van der Waals surface area contributed by atoms with Gasteiger partial charge in [-0.1, -0.05) is 30.3 Å². The van der Waals surface area contributed by atoms with Crippen molar-refractivity contribution >= 4 is 5.91 Å². The van der Waals surface area contributed by atoms with Crippen molar-refractivity contribution in [1.82, 2.24) is 20.2 Å². The van der Waals surface area contributed by atoms with Gasteiger partial charge in [0.05, 0.1) is 5.92 Å². The molecule has 26 heavy (non-hydrogen) atoms. The number of nitrogens with one attached hydrogen (secondary N) is 1. The molecule has 0 saturated carbocycles. The van der Waals surface area contributed by atoms with E-state index in [2.05, 4.69) is 10.3 Å². The van der Waals surface area contributed by atoms with Gasteiger partial charge in [-0.05, 0) is 25.3 Å². The highest BCUT2D eigenvalue weighted by Gasteiger charge is 2.30. The summed E-state index contributed by atoms with van der Waals surface area (Å²) in [6, 6.07) is 10.0. The number of aromatic nitrogens is 2. The Balaban J connectivity index is 1.48. The van der Waals surface area contributed by atoms with Crippen LogP contribution in [0.4, 0.5) is 0 Å². The molecule has 5 heteroatoms. The lowest BCUT2D eigenvalue weighted by Gasteiger charge is -2.34. The van der Waals surface area contributed by atoms with Crippen LogP contribution in [-0.2, 0) is 17.8 Å². The Morgan fingerprint density at radius 3 is 3.00 bits per heavy atom. The monoisotopic (exact) mass is 350 g/mol. The maximum Gasteiger partial charge on any atom is 0.229 e. The summed E-state index contributed by atoms with van der Waals surface area (Å²) in [4.78, 5) is 24.5. The summed E-state index contributed by atoms with van der Waals surface area (Å²) in [5, 5.41) is 3.36. The van der Waals surface area contributed by atoms with Crippen LogP contribution >= 0.6 is 0 Å². The number of piperidine rings is 1. The van der Waals surface area contributed by atoms with Gasteiger partial charge in [0.2, 0.25) is 5.91 Å². The van der Waals surface area contributed by atoms with E-state index in [0.717, 1.165) is 56.8 Å². The summed E-state index contributed by atoms with van der Waals surface area (Å²) in [5.74, 6) is 1.26. The van der Waals surface area contributed by atoms with E-state index in [1.807, 2.05) is 48.4 Å². The molecule has 1 fully saturated rings. The minimum absolute atomic E-state index is 0.106. The number of carbonyl (C=O) groups is 1. The number of nitrogens with zero attached hydrogens (tertiary/aromatic N) is 3. The third-order valence-electron chi connectivity index (χ3n) is 5.60. The van der Waals surface area contributed by atoms with Gasteiger partial charge in [-0.3, -0.25) is 4.79 Å². The molecule has 1 aromatic carbocycles. The van der Waals surface area contributed by atoms with Crippen LogP contribution in [0.2, 0.25) is 0 Å². The van der Waals surface area contributed by atoms with Gasteiger partial charge in [0.15, 0.2) is 0 Å². The Bertz CT molecular complexity index is 777. The Morgan fingerprint density at radius 2 is 2.15 bits per heavy atom. The Labute approximate surface area is 154 Å². The molecular formula is C21H26N4O. The molecule has 1 N–H and O–H groups in total. The molecule has 0 aliphatic carbocycles. The molecule has 2 aromatic rings. The summed E-state index contributed by atoms with van der Waals surface area (Å²) in [6.45, 7) is 5.41. The number of likely N-dealkylation sites (tertiary alicyclic amines) is 1. The number of rotatable bonds is 3. The number of benzene rings is 1. The third kappa shape index (κ3) is 3.49. The molecule has 1 saturated heterocycles. The van der Waals surface area contributed by atoms with E-state index in [1.165, 1.54) is 11.3 Å². The zero-order valence-corrected chi connectivity index (χ0v) is 15.3. The van der Waals surface area contributed by atoms with Crippen LogP contribution in [0.3, 0.4) is 0 Å². The predicted molar refractivity (Wildman–Crippen MR) is 101 cm³/mol. The Hall–Kier alpha value is -2.27. The van der Waals surface area contributed by atoms with Crippen molar-refractivity contribution in [2.24, 2.45) is 0 Å². The van der Waals surface area contributed by atoms with Crippen LogP contribution in [0.5, 0.6) is 0 Å². The summed E-state index contributed by atoms with van der Waals surface area (Å²) >= 11 is 0. The first-order valence-electron chi connectivity index (χ1n) is 9.61. The smallest absolute Gasteiger partial charge is 0.229 e. The van der Waals surface area contributed by atoms with Crippen molar-refractivity contribution < 1.29 is 4.79 Å². The van der Waals surface area contributed by atoms with E-state index >= 15 is 0 Å². The highest BCUT2D eigenvalue weighted by molar-refractivity contribution is 5.83.